The zero-order valence-corrected chi connectivity index (χ0v) is 28.9. The second-order valence-corrected chi connectivity index (χ2v) is 13.5. The van der Waals surface area contributed by atoms with E-state index >= 15 is 0 Å². The van der Waals surface area contributed by atoms with Gasteiger partial charge in [0.05, 0.1) is 51.8 Å². The van der Waals surface area contributed by atoms with E-state index in [1.165, 1.54) is 79.1 Å². The normalized spacial score (nSPS) is 24.6. The molecule has 0 radical (unpaired) electrons. The molecular weight excluding hydrogens is 656 g/mol. The highest BCUT2D eigenvalue weighted by atomic mass is 32.2. The number of sulfone groups is 1. The number of rotatable bonds is 14. The lowest BCUT2D eigenvalue weighted by Crippen LogP contribution is -2.40. The number of phenols is 2. The fraction of sp³-hybridized carbons (Fsp3) is 0.333. The zero-order chi connectivity index (χ0) is 36.0. The van der Waals surface area contributed by atoms with Crippen molar-refractivity contribution in [3.05, 3.63) is 119 Å². The van der Waals surface area contributed by atoms with E-state index in [4.69, 9.17) is 28.4 Å². The number of phenolic OH excluding ortho intramolecular Hbond substituents is 2. The molecule has 4 atom stereocenters. The highest BCUT2D eigenvalue weighted by molar-refractivity contribution is 7.91. The lowest BCUT2D eigenvalue weighted by Gasteiger charge is -2.36. The fourth-order valence-electron chi connectivity index (χ4n) is 5.89. The van der Waals surface area contributed by atoms with Crippen LogP contribution in [0.3, 0.4) is 0 Å². The molecule has 0 amide bonds. The van der Waals surface area contributed by atoms with Crippen molar-refractivity contribution >= 4 is 22.0 Å². The Labute approximate surface area is 286 Å². The SMILES string of the molecule is COC1=CC(/C=C/c2ccccc2O)(OC)C(O)=C(OC)C1CS(=O)(=O)CC1C(OC)=CC(/C=C/c2ccccc2O)(OC)C(O)=C1OC. The molecule has 2 aliphatic rings. The lowest BCUT2D eigenvalue weighted by molar-refractivity contribution is 0.0393. The molecule has 12 nitrogen and oxygen atoms in total. The Morgan fingerprint density at radius 2 is 0.980 bits per heavy atom. The molecule has 0 saturated heterocycles. The van der Waals surface area contributed by atoms with Crippen LogP contribution in [0.1, 0.15) is 11.1 Å². The molecule has 0 saturated carbocycles. The molecule has 0 aromatic heterocycles. The maximum atomic E-state index is 14.0. The third kappa shape index (κ3) is 7.43. The third-order valence-corrected chi connectivity index (χ3v) is 10.2. The van der Waals surface area contributed by atoms with Gasteiger partial charge in [-0.05, 0) is 36.4 Å². The van der Waals surface area contributed by atoms with Crippen molar-refractivity contribution in [3.8, 4) is 11.5 Å². The van der Waals surface area contributed by atoms with E-state index < -0.39 is 55.9 Å². The predicted octanol–water partition coefficient (Wildman–Crippen LogP) is 5.16. The second kappa shape index (κ2) is 15.1. The van der Waals surface area contributed by atoms with Gasteiger partial charge in [-0.25, -0.2) is 8.42 Å². The van der Waals surface area contributed by atoms with E-state index in [2.05, 4.69) is 0 Å². The quantitative estimate of drug-likeness (QED) is 0.205. The van der Waals surface area contributed by atoms with Crippen LogP contribution in [0.15, 0.2) is 107 Å². The van der Waals surface area contributed by atoms with Crippen molar-refractivity contribution in [2.75, 3.05) is 54.2 Å². The van der Waals surface area contributed by atoms with Crippen molar-refractivity contribution in [2.45, 2.75) is 11.2 Å². The topological polar surface area (TPSA) is 170 Å². The maximum absolute atomic E-state index is 14.0. The van der Waals surface area contributed by atoms with Crippen LogP contribution in [0.25, 0.3) is 12.2 Å². The molecule has 0 bridgehead atoms. The zero-order valence-electron chi connectivity index (χ0n) is 28.1. The van der Waals surface area contributed by atoms with E-state index in [1.54, 1.807) is 48.6 Å². The summed E-state index contributed by atoms with van der Waals surface area (Å²) in [5, 5.41) is 43.3. The molecule has 4 unspecified atom stereocenters. The highest BCUT2D eigenvalue weighted by Gasteiger charge is 2.47. The number of benzene rings is 2. The van der Waals surface area contributed by atoms with Crippen LogP contribution in [0, 0.1) is 11.8 Å². The van der Waals surface area contributed by atoms with Gasteiger partial charge in [0.15, 0.2) is 32.6 Å². The second-order valence-electron chi connectivity index (χ2n) is 11.3. The molecular formula is C36H42O12S. The van der Waals surface area contributed by atoms with Gasteiger partial charge < -0.3 is 48.8 Å². The average molecular weight is 699 g/mol. The minimum absolute atomic E-state index is 0.00752. The summed E-state index contributed by atoms with van der Waals surface area (Å²) in [6, 6.07) is 13.2. The highest BCUT2D eigenvalue weighted by Crippen LogP contribution is 2.43. The van der Waals surface area contributed by atoms with E-state index in [0.717, 1.165) is 0 Å². The number of hydrogen-bond acceptors (Lipinski definition) is 12. The van der Waals surface area contributed by atoms with Crippen molar-refractivity contribution in [3.63, 3.8) is 0 Å². The molecule has 2 aromatic rings. The number of hydrogen-bond donors (Lipinski definition) is 4. The van der Waals surface area contributed by atoms with Crippen LogP contribution in [0.2, 0.25) is 0 Å². The molecule has 2 aliphatic carbocycles. The summed E-state index contributed by atoms with van der Waals surface area (Å²) in [6.07, 6.45) is 8.97. The van der Waals surface area contributed by atoms with E-state index in [0.29, 0.717) is 11.1 Å². The Balaban J connectivity index is 1.69. The summed E-state index contributed by atoms with van der Waals surface area (Å²) in [4.78, 5) is 0. The molecule has 0 fully saturated rings. The van der Waals surface area contributed by atoms with Crippen molar-refractivity contribution in [2.24, 2.45) is 11.8 Å². The van der Waals surface area contributed by atoms with E-state index in [9.17, 15) is 28.8 Å². The minimum atomic E-state index is -4.09. The summed E-state index contributed by atoms with van der Waals surface area (Å²) >= 11 is 0. The van der Waals surface area contributed by atoms with Gasteiger partial charge in [0.2, 0.25) is 0 Å². The van der Waals surface area contributed by atoms with Crippen LogP contribution >= 0.6 is 0 Å². The first kappa shape index (κ1) is 37.0. The van der Waals surface area contributed by atoms with Crippen LogP contribution in [-0.4, -0.2) is 94.2 Å². The Hall–Kier alpha value is -4.85. The Bertz CT molecular complexity index is 1690. The number of aliphatic hydroxyl groups excluding tert-OH is 2. The summed E-state index contributed by atoms with van der Waals surface area (Å²) in [5.41, 5.74) is -2.32. The Morgan fingerprint density at radius 1 is 0.612 bits per heavy atom. The molecule has 49 heavy (non-hydrogen) atoms. The summed E-state index contributed by atoms with van der Waals surface area (Å²) in [5.74, 6) is -4.02. The van der Waals surface area contributed by atoms with Gasteiger partial charge in [-0.3, -0.25) is 0 Å². The first-order valence-electron chi connectivity index (χ1n) is 15.1. The number of ether oxygens (including phenoxy) is 6. The summed E-state index contributed by atoms with van der Waals surface area (Å²) < 4.78 is 61.7. The van der Waals surface area contributed by atoms with Crippen LogP contribution in [-0.2, 0) is 38.3 Å². The molecule has 4 rings (SSSR count). The largest absolute Gasteiger partial charge is 0.507 e. The standard InChI is InChI=1S/C36H42O12S/c1-43-29-19-35(47-5,17-15-23-11-7-9-13-27(23)37)33(39)31(45-3)25(29)21-49(41,42)22-26-30(44-2)20-36(48-6,34(40)32(26)46-4)18-16-24-12-8-10-14-28(24)38/h7-20,25-26,37-40H,21-22H2,1-6H3/b17-15+,18-16+. The predicted molar refractivity (Wildman–Crippen MR) is 183 cm³/mol. The van der Waals surface area contributed by atoms with Crippen LogP contribution in [0.4, 0.5) is 0 Å². The number of methoxy groups -OCH3 is 6. The molecule has 264 valence electrons. The summed E-state index contributed by atoms with van der Waals surface area (Å²) in [7, 11) is 3.92. The number of aromatic hydroxyl groups is 2. The van der Waals surface area contributed by atoms with Gasteiger partial charge in [-0.1, -0.05) is 48.6 Å². The van der Waals surface area contributed by atoms with Crippen molar-refractivity contribution in [1.29, 1.82) is 0 Å². The smallest absolute Gasteiger partial charge is 0.171 e. The minimum Gasteiger partial charge on any atom is -0.507 e. The molecule has 0 heterocycles. The molecule has 0 spiro atoms. The maximum Gasteiger partial charge on any atom is 0.171 e. The Kier molecular flexibility index (Phi) is 11.4. The van der Waals surface area contributed by atoms with E-state index in [-0.39, 0.29) is 34.5 Å². The lowest BCUT2D eigenvalue weighted by atomic mass is 9.86. The molecule has 13 heteroatoms. The first-order valence-corrected chi connectivity index (χ1v) is 16.9. The monoisotopic (exact) mass is 698 g/mol. The van der Waals surface area contributed by atoms with Gasteiger partial charge in [-0.2, -0.15) is 0 Å². The van der Waals surface area contributed by atoms with E-state index in [1.807, 2.05) is 0 Å². The van der Waals surface area contributed by atoms with Gasteiger partial charge in [0.25, 0.3) is 0 Å². The van der Waals surface area contributed by atoms with Crippen LogP contribution in [0.5, 0.6) is 11.5 Å². The van der Waals surface area contributed by atoms with Gasteiger partial charge in [0, 0.05) is 25.3 Å². The molecule has 2 aromatic carbocycles. The Morgan fingerprint density at radius 3 is 1.29 bits per heavy atom. The van der Waals surface area contributed by atoms with Gasteiger partial charge >= 0.3 is 0 Å². The first-order chi connectivity index (χ1) is 23.3. The summed E-state index contributed by atoms with van der Waals surface area (Å²) in [6.45, 7) is 0. The molecule has 4 N–H and O–H groups in total. The van der Waals surface area contributed by atoms with Crippen molar-refractivity contribution < 1.29 is 57.3 Å². The van der Waals surface area contributed by atoms with Gasteiger partial charge in [-0.15, -0.1) is 0 Å². The average Bonchev–Trinajstić information content (AvgIpc) is 3.09. The fourth-order valence-corrected chi connectivity index (χ4v) is 7.67. The van der Waals surface area contributed by atoms with Crippen molar-refractivity contribution in [1.82, 2.24) is 0 Å². The number of para-hydroxylation sites is 2. The van der Waals surface area contributed by atoms with Gasteiger partial charge in [0.1, 0.15) is 34.5 Å². The van der Waals surface area contributed by atoms with Crippen LogP contribution < -0.4 is 0 Å². The third-order valence-electron chi connectivity index (χ3n) is 8.56. The molecule has 0 aliphatic heterocycles. The number of aliphatic hydroxyl groups is 2.